The number of carbonyl (C=O) groups is 1. The van der Waals surface area contributed by atoms with Crippen LogP contribution < -0.4 is 0 Å². The summed E-state index contributed by atoms with van der Waals surface area (Å²) in [6.45, 7) is 5.75. The van der Waals surface area contributed by atoms with Gasteiger partial charge in [0.2, 0.25) is 0 Å². The fourth-order valence-electron chi connectivity index (χ4n) is 2.39. The number of nitriles is 2. The van der Waals surface area contributed by atoms with E-state index in [9.17, 15) is 15.0 Å². The van der Waals surface area contributed by atoms with E-state index < -0.39 is 11.2 Å². The van der Waals surface area contributed by atoms with Crippen LogP contribution in [0.2, 0.25) is 0 Å². The lowest BCUT2D eigenvalue weighted by atomic mass is 10.0. The Hall–Kier alpha value is -0.380. The van der Waals surface area contributed by atoms with Crippen molar-refractivity contribution in [2.24, 2.45) is 0 Å². The summed E-state index contributed by atoms with van der Waals surface area (Å²) in [4.78, 5) is 10.6. The maximum Gasteiger partial charge on any atom is 0.163 e. The fourth-order valence-corrected chi connectivity index (χ4v) is 5.83. The molecule has 3 aliphatic heterocycles. The van der Waals surface area contributed by atoms with Gasteiger partial charge < -0.3 is 10.2 Å². The van der Waals surface area contributed by atoms with Gasteiger partial charge in [0.15, 0.2) is 11.2 Å². The highest BCUT2D eigenvalue weighted by Gasteiger charge is 2.39. The monoisotopic (exact) mass is 402 g/mol. The molecule has 3 rings (SSSR count). The molecule has 140 valence electrons. The Kier molecular flexibility index (Phi) is 9.14. The first-order valence-electron chi connectivity index (χ1n) is 8.33. The van der Waals surface area contributed by atoms with Crippen LogP contribution in [0, 0.1) is 22.7 Å². The van der Waals surface area contributed by atoms with E-state index in [1.54, 1.807) is 35.3 Å². The second kappa shape index (κ2) is 10.1. The van der Waals surface area contributed by atoms with E-state index in [1.807, 2.05) is 32.9 Å². The molecule has 0 saturated carbocycles. The minimum absolute atomic E-state index is 0.0856. The molecule has 0 bridgehead atoms. The lowest BCUT2D eigenvalue weighted by molar-refractivity contribution is -0.117. The van der Waals surface area contributed by atoms with Crippen LogP contribution in [0.1, 0.15) is 40.0 Å². The Balaban J connectivity index is 0.000000189. The molecule has 3 aliphatic rings. The quantitative estimate of drug-likeness (QED) is 0.596. The van der Waals surface area contributed by atoms with E-state index in [-0.39, 0.29) is 10.5 Å². The van der Waals surface area contributed by atoms with Gasteiger partial charge in [-0.3, -0.25) is 4.79 Å². The third-order valence-electron chi connectivity index (χ3n) is 4.60. The number of carbonyl (C=O) groups excluding carboxylic acids is 1. The number of Topliss-reactive ketones (excluding diaryl/α,β-unsaturated/α-hetero) is 1. The largest absolute Gasteiger partial charge is 0.374 e. The molecule has 5 atom stereocenters. The average molecular weight is 403 g/mol. The number of ketones is 1. The fraction of sp³-hybridized carbons (Fsp3) is 0.824. The molecule has 0 aromatic carbocycles. The zero-order valence-electron chi connectivity index (χ0n) is 14.9. The maximum absolute atomic E-state index is 10.6. The van der Waals surface area contributed by atoms with Crippen molar-refractivity contribution in [2.75, 3.05) is 17.3 Å². The van der Waals surface area contributed by atoms with Crippen molar-refractivity contribution in [3.8, 4) is 12.1 Å². The Labute approximate surface area is 162 Å². The number of rotatable bonds is 0. The summed E-state index contributed by atoms with van der Waals surface area (Å²) in [5.41, 5.74) is -2.07. The molecule has 5 nitrogen and oxygen atoms in total. The lowest BCUT2D eigenvalue weighted by Gasteiger charge is -2.16. The second-order valence-electron chi connectivity index (χ2n) is 6.33. The maximum atomic E-state index is 10.6. The van der Waals surface area contributed by atoms with Crippen molar-refractivity contribution in [2.45, 2.75) is 67.0 Å². The lowest BCUT2D eigenvalue weighted by Crippen LogP contribution is -2.31. The van der Waals surface area contributed by atoms with E-state index in [0.717, 1.165) is 23.7 Å². The smallest absolute Gasteiger partial charge is 0.163 e. The minimum atomic E-state index is -1.04. The van der Waals surface area contributed by atoms with Crippen molar-refractivity contribution >= 4 is 41.1 Å². The molecule has 3 heterocycles. The average Bonchev–Trinajstić information content (AvgIpc) is 3.24. The Morgan fingerprint density at radius 2 is 1.36 bits per heavy atom. The molecular formula is C17H26N2O3S3. The normalized spacial score (nSPS) is 39.5. The van der Waals surface area contributed by atoms with E-state index >= 15 is 0 Å². The molecular weight excluding hydrogens is 376 g/mol. The molecule has 8 heteroatoms. The SMILES string of the molecule is CC1SCCC1=O.C[C@@H]1SCC[C@@]1(O)C#N.C[C@H]1SCC[C@@]1(O)C#N. The second-order valence-corrected chi connectivity index (χ2v) is 10.7. The summed E-state index contributed by atoms with van der Waals surface area (Å²) < 4.78 is 0. The first kappa shape index (κ1) is 22.7. The van der Waals surface area contributed by atoms with Crippen molar-refractivity contribution in [1.29, 1.82) is 10.5 Å². The summed E-state index contributed by atoms with van der Waals surface area (Å²) in [6, 6.07) is 3.85. The predicted octanol–water partition coefficient (Wildman–Crippen LogP) is 2.61. The van der Waals surface area contributed by atoms with Gasteiger partial charge in [0, 0.05) is 22.7 Å². The molecule has 0 aromatic rings. The molecule has 1 unspecified atom stereocenters. The highest BCUT2D eigenvalue weighted by molar-refractivity contribution is 8.01. The third kappa shape index (κ3) is 6.37. The number of hydrogen-bond donors (Lipinski definition) is 2. The van der Waals surface area contributed by atoms with Crippen LogP contribution in [0.3, 0.4) is 0 Å². The Morgan fingerprint density at radius 3 is 1.48 bits per heavy atom. The van der Waals surface area contributed by atoms with Crippen molar-refractivity contribution in [3.63, 3.8) is 0 Å². The molecule has 0 aliphatic carbocycles. The predicted molar refractivity (Wildman–Crippen MR) is 106 cm³/mol. The Bertz CT molecular complexity index is 512. The van der Waals surface area contributed by atoms with Gasteiger partial charge in [0.25, 0.3) is 0 Å². The molecule has 3 fully saturated rings. The van der Waals surface area contributed by atoms with Gasteiger partial charge in [-0.15, -0.1) is 0 Å². The number of thioether (sulfide) groups is 3. The highest BCUT2D eigenvalue weighted by atomic mass is 32.2. The molecule has 0 amide bonds. The van der Waals surface area contributed by atoms with Gasteiger partial charge in [0.05, 0.1) is 17.4 Å². The Morgan fingerprint density at radius 1 is 0.920 bits per heavy atom. The van der Waals surface area contributed by atoms with E-state index in [4.69, 9.17) is 10.5 Å². The summed E-state index contributed by atoms with van der Waals surface area (Å²) >= 11 is 5.07. The number of nitrogens with zero attached hydrogens (tertiary/aromatic N) is 2. The van der Waals surface area contributed by atoms with Gasteiger partial charge in [-0.2, -0.15) is 45.8 Å². The molecule has 0 radical (unpaired) electrons. The van der Waals surface area contributed by atoms with Gasteiger partial charge in [-0.1, -0.05) is 0 Å². The summed E-state index contributed by atoms with van der Waals surface area (Å²) in [5.74, 6) is 3.28. The first-order chi connectivity index (χ1) is 11.7. The van der Waals surface area contributed by atoms with Crippen LogP contribution >= 0.6 is 35.3 Å². The van der Waals surface area contributed by atoms with Gasteiger partial charge >= 0.3 is 0 Å². The van der Waals surface area contributed by atoms with Crippen molar-refractivity contribution in [3.05, 3.63) is 0 Å². The highest BCUT2D eigenvalue weighted by Crippen LogP contribution is 2.35. The molecule has 3 saturated heterocycles. The topological polar surface area (TPSA) is 105 Å². The zero-order chi connectivity index (χ0) is 19.1. The van der Waals surface area contributed by atoms with Gasteiger partial charge in [0.1, 0.15) is 5.78 Å². The van der Waals surface area contributed by atoms with E-state index in [0.29, 0.717) is 23.9 Å². The van der Waals surface area contributed by atoms with Crippen LogP contribution in [0.25, 0.3) is 0 Å². The molecule has 0 aromatic heterocycles. The summed E-state index contributed by atoms with van der Waals surface area (Å²) in [6.07, 6.45) is 2.04. The summed E-state index contributed by atoms with van der Waals surface area (Å²) in [7, 11) is 0. The van der Waals surface area contributed by atoms with Gasteiger partial charge in [-0.05, 0) is 45.1 Å². The van der Waals surface area contributed by atoms with Crippen LogP contribution in [0.15, 0.2) is 0 Å². The van der Waals surface area contributed by atoms with Crippen molar-refractivity contribution < 1.29 is 15.0 Å². The standard InChI is InChI=1S/2C6H9NOS.C5H8OS/c2*1-5-6(8,4-7)2-3-9-5;1-4-5(6)2-3-7-4/h2*5,8H,2-3H2,1H3;4H,2-3H2,1H3/t5-,6+;5-,6-;/m01./s1. The third-order valence-corrected chi connectivity index (χ3v) is 8.47. The van der Waals surface area contributed by atoms with Crippen LogP contribution in [0.5, 0.6) is 0 Å². The molecule has 2 N–H and O–H groups in total. The zero-order valence-corrected chi connectivity index (χ0v) is 17.3. The molecule has 0 spiro atoms. The van der Waals surface area contributed by atoms with Gasteiger partial charge in [-0.25, -0.2) is 0 Å². The minimum Gasteiger partial charge on any atom is -0.374 e. The first-order valence-corrected chi connectivity index (χ1v) is 11.5. The number of aliphatic hydroxyl groups is 2. The number of hydrogen-bond acceptors (Lipinski definition) is 8. The van der Waals surface area contributed by atoms with Crippen LogP contribution in [-0.4, -0.2) is 60.2 Å². The van der Waals surface area contributed by atoms with Crippen LogP contribution in [-0.2, 0) is 4.79 Å². The van der Waals surface area contributed by atoms with Crippen LogP contribution in [0.4, 0.5) is 0 Å². The molecule has 25 heavy (non-hydrogen) atoms. The van der Waals surface area contributed by atoms with E-state index in [1.165, 1.54) is 0 Å². The summed E-state index contributed by atoms with van der Waals surface area (Å²) in [5, 5.41) is 36.2. The van der Waals surface area contributed by atoms with E-state index in [2.05, 4.69) is 0 Å². The van der Waals surface area contributed by atoms with Crippen molar-refractivity contribution in [1.82, 2.24) is 0 Å².